The van der Waals surface area contributed by atoms with E-state index in [0.29, 0.717) is 11.3 Å². The number of carbonyl (C=O) groups is 1. The summed E-state index contributed by atoms with van der Waals surface area (Å²) in [5, 5.41) is 3.44. The summed E-state index contributed by atoms with van der Waals surface area (Å²) < 4.78 is 0. The second-order valence-corrected chi connectivity index (χ2v) is 8.95. The van der Waals surface area contributed by atoms with Gasteiger partial charge >= 0.3 is 0 Å². The standard InChI is InChI=1S/C25H31N3O/c29-24(22-19-25(22)11-13-26-14-12-25)28-17-15-27(16-18-28)23(20-7-3-1-4-8-20)21-9-5-2-6-10-21/h1-10,22-23,26H,11-19H2. The van der Waals surface area contributed by atoms with Crippen LogP contribution in [0, 0.1) is 11.3 Å². The lowest BCUT2D eigenvalue weighted by atomic mass is 9.91. The first-order valence-electron chi connectivity index (χ1n) is 11.1. The Labute approximate surface area is 173 Å². The van der Waals surface area contributed by atoms with E-state index in [9.17, 15) is 4.79 Å². The molecule has 0 aromatic heterocycles. The highest BCUT2D eigenvalue weighted by Crippen LogP contribution is 2.59. The average Bonchev–Trinajstić information content (AvgIpc) is 3.48. The van der Waals surface area contributed by atoms with Crippen molar-refractivity contribution in [2.24, 2.45) is 11.3 Å². The third-order valence-corrected chi connectivity index (χ3v) is 7.31. The SMILES string of the molecule is O=C(C1CC12CCNCC2)N1CCN(C(c2ccccc2)c2ccccc2)CC1. The number of nitrogens with one attached hydrogen (secondary N) is 1. The molecule has 29 heavy (non-hydrogen) atoms. The molecule has 3 fully saturated rings. The highest BCUT2D eigenvalue weighted by molar-refractivity contribution is 5.83. The predicted molar refractivity (Wildman–Crippen MR) is 116 cm³/mol. The molecule has 2 aromatic rings. The summed E-state index contributed by atoms with van der Waals surface area (Å²) in [7, 11) is 0. The number of rotatable bonds is 4. The van der Waals surface area contributed by atoms with Gasteiger partial charge in [0.15, 0.2) is 0 Å². The first-order valence-corrected chi connectivity index (χ1v) is 11.1. The fourth-order valence-electron chi connectivity index (χ4n) is 5.48. The molecule has 2 heterocycles. The van der Waals surface area contributed by atoms with Crippen LogP contribution >= 0.6 is 0 Å². The van der Waals surface area contributed by atoms with E-state index in [1.165, 1.54) is 24.0 Å². The van der Waals surface area contributed by atoms with E-state index in [2.05, 4.69) is 75.8 Å². The first kappa shape index (κ1) is 18.8. The molecule has 4 heteroatoms. The third kappa shape index (κ3) is 3.72. The summed E-state index contributed by atoms with van der Waals surface area (Å²) in [6, 6.07) is 21.8. The lowest BCUT2D eigenvalue weighted by Crippen LogP contribution is -2.50. The Balaban J connectivity index is 1.27. The van der Waals surface area contributed by atoms with Crippen molar-refractivity contribution in [2.45, 2.75) is 25.3 Å². The molecule has 2 aromatic carbocycles. The molecule has 1 spiro atoms. The molecule has 0 bridgehead atoms. The quantitative estimate of drug-likeness (QED) is 0.871. The lowest BCUT2D eigenvalue weighted by Gasteiger charge is -2.40. The molecule has 1 aliphatic carbocycles. The fraction of sp³-hybridized carbons (Fsp3) is 0.480. The molecule has 1 saturated carbocycles. The number of hydrogen-bond acceptors (Lipinski definition) is 3. The van der Waals surface area contributed by atoms with Crippen LogP contribution in [-0.2, 0) is 4.79 Å². The van der Waals surface area contributed by atoms with Crippen LogP contribution in [0.1, 0.15) is 36.4 Å². The van der Waals surface area contributed by atoms with Gasteiger partial charge < -0.3 is 10.2 Å². The Hall–Kier alpha value is -2.17. The van der Waals surface area contributed by atoms with Gasteiger partial charge in [-0.3, -0.25) is 9.69 Å². The van der Waals surface area contributed by atoms with Gasteiger partial charge in [-0.1, -0.05) is 60.7 Å². The Bertz CT molecular complexity index is 784. The van der Waals surface area contributed by atoms with Crippen LogP contribution in [-0.4, -0.2) is 55.0 Å². The summed E-state index contributed by atoms with van der Waals surface area (Å²) in [5.41, 5.74) is 2.99. The van der Waals surface area contributed by atoms with Gasteiger partial charge in [-0.2, -0.15) is 0 Å². The van der Waals surface area contributed by atoms with Crippen molar-refractivity contribution < 1.29 is 4.79 Å². The molecule has 4 nitrogen and oxygen atoms in total. The largest absolute Gasteiger partial charge is 0.340 e. The zero-order valence-electron chi connectivity index (χ0n) is 17.1. The number of benzene rings is 2. The van der Waals surface area contributed by atoms with E-state index >= 15 is 0 Å². The molecule has 1 N–H and O–H groups in total. The number of hydrogen-bond donors (Lipinski definition) is 1. The molecule has 2 aliphatic heterocycles. The van der Waals surface area contributed by atoms with Crippen molar-refractivity contribution in [3.63, 3.8) is 0 Å². The topological polar surface area (TPSA) is 35.6 Å². The van der Waals surface area contributed by atoms with E-state index in [1.54, 1.807) is 0 Å². The van der Waals surface area contributed by atoms with Crippen molar-refractivity contribution in [1.82, 2.24) is 15.1 Å². The summed E-state index contributed by atoms with van der Waals surface area (Å²) in [6.07, 6.45) is 3.46. The fourth-order valence-corrected chi connectivity index (χ4v) is 5.48. The van der Waals surface area contributed by atoms with Gasteiger partial charge in [0.2, 0.25) is 5.91 Å². The van der Waals surface area contributed by atoms with Crippen molar-refractivity contribution >= 4 is 5.91 Å². The summed E-state index contributed by atoms with van der Waals surface area (Å²) in [6.45, 7) is 5.71. The van der Waals surface area contributed by atoms with Crippen LogP contribution in [0.2, 0.25) is 0 Å². The average molecular weight is 390 g/mol. The smallest absolute Gasteiger partial charge is 0.226 e. The maximum atomic E-state index is 13.1. The maximum Gasteiger partial charge on any atom is 0.226 e. The van der Waals surface area contributed by atoms with Crippen molar-refractivity contribution in [3.05, 3.63) is 71.8 Å². The number of carbonyl (C=O) groups excluding carboxylic acids is 1. The minimum Gasteiger partial charge on any atom is -0.340 e. The molecule has 3 aliphatic rings. The van der Waals surface area contributed by atoms with E-state index in [1.807, 2.05) is 0 Å². The van der Waals surface area contributed by atoms with Gasteiger partial charge in [0, 0.05) is 32.1 Å². The maximum absolute atomic E-state index is 13.1. The second-order valence-electron chi connectivity index (χ2n) is 8.95. The molecule has 1 amide bonds. The number of amides is 1. The Morgan fingerprint density at radius 1 is 0.862 bits per heavy atom. The van der Waals surface area contributed by atoms with Crippen LogP contribution in [0.25, 0.3) is 0 Å². The minimum atomic E-state index is 0.256. The van der Waals surface area contributed by atoms with Crippen LogP contribution < -0.4 is 5.32 Å². The van der Waals surface area contributed by atoms with E-state index in [0.717, 1.165) is 45.7 Å². The molecule has 0 radical (unpaired) electrons. The van der Waals surface area contributed by atoms with E-state index < -0.39 is 0 Å². The highest BCUT2D eigenvalue weighted by atomic mass is 16.2. The van der Waals surface area contributed by atoms with E-state index in [4.69, 9.17) is 0 Å². The summed E-state index contributed by atoms with van der Waals surface area (Å²) >= 11 is 0. The van der Waals surface area contributed by atoms with Crippen LogP contribution in [0.15, 0.2) is 60.7 Å². The van der Waals surface area contributed by atoms with Crippen LogP contribution in [0.4, 0.5) is 0 Å². The van der Waals surface area contributed by atoms with Crippen molar-refractivity contribution in [2.75, 3.05) is 39.3 Å². The zero-order chi connectivity index (χ0) is 19.7. The Morgan fingerprint density at radius 3 is 1.97 bits per heavy atom. The Kier molecular flexibility index (Phi) is 5.15. The van der Waals surface area contributed by atoms with E-state index in [-0.39, 0.29) is 12.0 Å². The van der Waals surface area contributed by atoms with Gasteiger partial charge in [-0.25, -0.2) is 0 Å². The molecule has 152 valence electrons. The number of nitrogens with zero attached hydrogens (tertiary/aromatic N) is 2. The minimum absolute atomic E-state index is 0.256. The van der Waals surface area contributed by atoms with Gasteiger partial charge in [0.25, 0.3) is 0 Å². The van der Waals surface area contributed by atoms with Gasteiger partial charge in [-0.05, 0) is 48.9 Å². The van der Waals surface area contributed by atoms with Crippen LogP contribution in [0.3, 0.4) is 0 Å². The van der Waals surface area contributed by atoms with Crippen LogP contribution in [0.5, 0.6) is 0 Å². The molecular formula is C25H31N3O. The van der Waals surface area contributed by atoms with Crippen molar-refractivity contribution in [1.29, 1.82) is 0 Å². The first-order chi connectivity index (χ1) is 14.3. The second kappa shape index (κ2) is 7.92. The monoisotopic (exact) mass is 389 g/mol. The summed E-state index contributed by atoms with van der Waals surface area (Å²) in [5.74, 6) is 0.706. The molecule has 5 rings (SSSR count). The third-order valence-electron chi connectivity index (χ3n) is 7.31. The normalized spacial score (nSPS) is 24.0. The van der Waals surface area contributed by atoms with Crippen molar-refractivity contribution in [3.8, 4) is 0 Å². The highest BCUT2D eigenvalue weighted by Gasteiger charge is 2.58. The number of piperidine rings is 1. The summed E-state index contributed by atoms with van der Waals surface area (Å²) in [4.78, 5) is 17.8. The molecule has 2 saturated heterocycles. The molecular weight excluding hydrogens is 358 g/mol. The Morgan fingerprint density at radius 2 is 1.41 bits per heavy atom. The van der Waals surface area contributed by atoms with Gasteiger partial charge in [0.1, 0.15) is 0 Å². The van der Waals surface area contributed by atoms with Gasteiger partial charge in [0.05, 0.1) is 6.04 Å². The molecule has 1 atom stereocenters. The zero-order valence-corrected chi connectivity index (χ0v) is 17.1. The van der Waals surface area contributed by atoms with Gasteiger partial charge in [-0.15, -0.1) is 0 Å². The lowest BCUT2D eigenvalue weighted by molar-refractivity contribution is -0.135. The number of piperazine rings is 1. The molecule has 1 unspecified atom stereocenters. The predicted octanol–water partition coefficient (Wildman–Crippen LogP) is 3.31.